The highest BCUT2D eigenvalue weighted by Gasteiger charge is 2.23. The first-order chi connectivity index (χ1) is 9.65. The topological polar surface area (TPSA) is 45.8 Å². The predicted molar refractivity (Wildman–Crippen MR) is 80.2 cm³/mol. The van der Waals surface area contributed by atoms with Crippen molar-refractivity contribution in [2.45, 2.75) is 44.9 Å². The van der Waals surface area contributed by atoms with Crippen LogP contribution < -0.4 is 5.56 Å². The van der Waals surface area contributed by atoms with Crippen molar-refractivity contribution < 1.29 is 0 Å². The first-order valence-electron chi connectivity index (χ1n) is 7.34. The first kappa shape index (κ1) is 13.1. The minimum Gasteiger partial charge on any atom is -0.310 e. The smallest absolute Gasteiger partial charge is 0.251 e. The number of benzene rings is 1. The Morgan fingerprint density at radius 3 is 2.90 bits per heavy atom. The number of H-pyrrole nitrogens is 1. The van der Waals surface area contributed by atoms with Crippen LogP contribution in [-0.4, -0.2) is 9.97 Å². The van der Waals surface area contributed by atoms with Crippen LogP contribution in [0.15, 0.2) is 35.1 Å². The number of aromatic nitrogens is 2. The van der Waals surface area contributed by atoms with E-state index in [9.17, 15) is 4.79 Å². The second-order valence-electron chi connectivity index (χ2n) is 5.85. The molecule has 1 heterocycles. The zero-order valence-electron chi connectivity index (χ0n) is 12.0. The van der Waals surface area contributed by atoms with E-state index in [4.69, 9.17) is 4.98 Å². The van der Waals surface area contributed by atoms with Crippen molar-refractivity contribution in [3.63, 3.8) is 0 Å². The second-order valence-corrected chi connectivity index (χ2v) is 5.85. The van der Waals surface area contributed by atoms with Gasteiger partial charge in [-0.05, 0) is 36.3 Å². The zero-order chi connectivity index (χ0) is 14.1. The fraction of sp³-hybridized carbons (Fsp3) is 0.412. The number of rotatable bonds is 2. The zero-order valence-corrected chi connectivity index (χ0v) is 12.0. The predicted octanol–water partition coefficient (Wildman–Crippen LogP) is 3.36. The van der Waals surface area contributed by atoms with Gasteiger partial charge in [-0.15, -0.1) is 0 Å². The molecule has 1 aliphatic rings. The van der Waals surface area contributed by atoms with Crippen molar-refractivity contribution >= 4 is 0 Å². The summed E-state index contributed by atoms with van der Waals surface area (Å²) in [6.07, 6.45) is 3.33. The molecule has 0 saturated carbocycles. The van der Waals surface area contributed by atoms with Crippen LogP contribution >= 0.6 is 0 Å². The SMILES string of the molecule is CC(C)c1cc(=O)[nH]c(C2CCCc3ccccc32)n1. The number of fused-ring (bicyclic) bond motifs is 1. The maximum atomic E-state index is 11.9. The molecule has 1 atom stereocenters. The van der Waals surface area contributed by atoms with Crippen LogP contribution in [-0.2, 0) is 6.42 Å². The Balaban J connectivity index is 2.08. The highest BCUT2D eigenvalue weighted by Crippen LogP contribution is 2.34. The molecule has 20 heavy (non-hydrogen) atoms. The molecule has 1 aromatic heterocycles. The summed E-state index contributed by atoms with van der Waals surface area (Å²) in [5.41, 5.74) is 3.55. The third kappa shape index (κ3) is 2.40. The third-order valence-electron chi connectivity index (χ3n) is 4.07. The molecule has 1 N–H and O–H groups in total. The van der Waals surface area contributed by atoms with Gasteiger partial charge >= 0.3 is 0 Å². The summed E-state index contributed by atoms with van der Waals surface area (Å²) in [6.45, 7) is 4.14. The summed E-state index contributed by atoms with van der Waals surface area (Å²) in [5.74, 6) is 1.33. The molecule has 0 amide bonds. The van der Waals surface area contributed by atoms with Crippen molar-refractivity contribution in [1.29, 1.82) is 0 Å². The highest BCUT2D eigenvalue weighted by molar-refractivity contribution is 5.36. The molecule has 1 aliphatic carbocycles. The monoisotopic (exact) mass is 268 g/mol. The Morgan fingerprint density at radius 1 is 1.30 bits per heavy atom. The molecule has 2 aromatic rings. The fourth-order valence-electron chi connectivity index (χ4n) is 2.99. The number of aromatic amines is 1. The second kappa shape index (κ2) is 5.23. The Kier molecular flexibility index (Phi) is 3.43. The average molecular weight is 268 g/mol. The number of nitrogens with one attached hydrogen (secondary N) is 1. The van der Waals surface area contributed by atoms with E-state index in [1.165, 1.54) is 11.1 Å². The number of nitrogens with zero attached hydrogens (tertiary/aromatic N) is 1. The molecule has 0 bridgehead atoms. The highest BCUT2D eigenvalue weighted by atomic mass is 16.1. The van der Waals surface area contributed by atoms with E-state index in [-0.39, 0.29) is 17.4 Å². The number of hydrogen-bond donors (Lipinski definition) is 1. The molecule has 0 spiro atoms. The minimum absolute atomic E-state index is 0.0400. The van der Waals surface area contributed by atoms with Crippen molar-refractivity contribution in [1.82, 2.24) is 9.97 Å². The van der Waals surface area contributed by atoms with E-state index in [0.29, 0.717) is 0 Å². The lowest BCUT2D eigenvalue weighted by molar-refractivity contribution is 0.583. The van der Waals surface area contributed by atoms with Gasteiger partial charge in [0.1, 0.15) is 5.82 Å². The van der Waals surface area contributed by atoms with Crippen LogP contribution in [0.3, 0.4) is 0 Å². The molecular weight excluding hydrogens is 248 g/mol. The molecular formula is C17H20N2O. The van der Waals surface area contributed by atoms with Crippen molar-refractivity contribution in [2.24, 2.45) is 0 Å². The van der Waals surface area contributed by atoms with Gasteiger partial charge in [-0.1, -0.05) is 38.1 Å². The summed E-state index contributed by atoms with van der Waals surface area (Å²) >= 11 is 0. The van der Waals surface area contributed by atoms with Gasteiger partial charge in [0, 0.05) is 12.0 Å². The summed E-state index contributed by atoms with van der Waals surface area (Å²) < 4.78 is 0. The molecule has 1 unspecified atom stereocenters. The van der Waals surface area contributed by atoms with E-state index in [1.807, 2.05) is 0 Å². The van der Waals surface area contributed by atoms with Crippen LogP contribution in [0.2, 0.25) is 0 Å². The van der Waals surface area contributed by atoms with Gasteiger partial charge in [-0.3, -0.25) is 4.79 Å². The Labute approximate surface area is 119 Å². The van der Waals surface area contributed by atoms with Crippen LogP contribution in [0, 0.1) is 0 Å². The van der Waals surface area contributed by atoms with E-state index < -0.39 is 0 Å². The van der Waals surface area contributed by atoms with E-state index in [1.54, 1.807) is 6.07 Å². The van der Waals surface area contributed by atoms with Gasteiger partial charge < -0.3 is 4.98 Å². The van der Waals surface area contributed by atoms with Crippen LogP contribution in [0.5, 0.6) is 0 Å². The van der Waals surface area contributed by atoms with Crippen LogP contribution in [0.4, 0.5) is 0 Å². The maximum Gasteiger partial charge on any atom is 0.251 e. The van der Waals surface area contributed by atoms with Crippen molar-refractivity contribution in [3.8, 4) is 0 Å². The third-order valence-corrected chi connectivity index (χ3v) is 4.07. The Bertz CT molecular complexity index is 673. The largest absolute Gasteiger partial charge is 0.310 e. The quantitative estimate of drug-likeness (QED) is 0.907. The van der Waals surface area contributed by atoms with Gasteiger partial charge in [0.25, 0.3) is 5.56 Å². The average Bonchev–Trinajstić information content (AvgIpc) is 2.46. The van der Waals surface area contributed by atoms with Crippen LogP contribution in [0.1, 0.15) is 61.2 Å². The lowest BCUT2D eigenvalue weighted by atomic mass is 9.82. The number of aryl methyl sites for hydroxylation is 1. The lowest BCUT2D eigenvalue weighted by Gasteiger charge is -2.25. The summed E-state index contributed by atoms with van der Waals surface area (Å²) in [6, 6.07) is 10.1. The van der Waals surface area contributed by atoms with Gasteiger partial charge in [0.05, 0.1) is 5.69 Å². The molecule has 0 saturated heterocycles. The van der Waals surface area contributed by atoms with E-state index in [2.05, 4.69) is 43.1 Å². The molecule has 3 rings (SSSR count). The number of hydrogen-bond acceptors (Lipinski definition) is 2. The van der Waals surface area contributed by atoms with E-state index >= 15 is 0 Å². The van der Waals surface area contributed by atoms with Crippen molar-refractivity contribution in [2.75, 3.05) is 0 Å². The van der Waals surface area contributed by atoms with Gasteiger partial charge in [0.15, 0.2) is 0 Å². The summed E-state index contributed by atoms with van der Waals surface area (Å²) in [5, 5.41) is 0. The first-order valence-corrected chi connectivity index (χ1v) is 7.34. The minimum atomic E-state index is -0.0400. The summed E-state index contributed by atoms with van der Waals surface area (Å²) in [4.78, 5) is 19.5. The normalized spacial score (nSPS) is 18.1. The Hall–Kier alpha value is -1.90. The van der Waals surface area contributed by atoms with Gasteiger partial charge in [-0.25, -0.2) is 4.98 Å². The fourth-order valence-corrected chi connectivity index (χ4v) is 2.99. The molecule has 0 aliphatic heterocycles. The maximum absolute atomic E-state index is 11.9. The standard InChI is InChI=1S/C17H20N2O/c1-11(2)15-10-16(20)19-17(18-15)14-9-5-7-12-6-3-4-8-13(12)14/h3-4,6,8,10-11,14H,5,7,9H2,1-2H3,(H,18,19,20). The van der Waals surface area contributed by atoms with Crippen LogP contribution in [0.25, 0.3) is 0 Å². The summed E-state index contributed by atoms with van der Waals surface area (Å²) in [7, 11) is 0. The molecule has 3 nitrogen and oxygen atoms in total. The van der Waals surface area contributed by atoms with Gasteiger partial charge in [-0.2, -0.15) is 0 Å². The lowest BCUT2D eigenvalue weighted by Crippen LogP contribution is -2.20. The molecule has 0 fully saturated rings. The van der Waals surface area contributed by atoms with E-state index in [0.717, 1.165) is 30.8 Å². The molecule has 3 heteroatoms. The molecule has 1 aromatic carbocycles. The van der Waals surface area contributed by atoms with Gasteiger partial charge in [0.2, 0.25) is 0 Å². The molecule has 0 radical (unpaired) electrons. The van der Waals surface area contributed by atoms with Crippen molar-refractivity contribution in [3.05, 3.63) is 63.3 Å². The Morgan fingerprint density at radius 2 is 2.10 bits per heavy atom. The molecule has 104 valence electrons.